The molecule has 0 saturated carbocycles. The Hall–Kier alpha value is -2.83. The number of halogens is 1. The summed E-state index contributed by atoms with van der Waals surface area (Å²) in [6, 6.07) is 15.7. The Labute approximate surface area is 249 Å². The van der Waals surface area contributed by atoms with E-state index >= 15 is 0 Å². The van der Waals surface area contributed by atoms with Gasteiger partial charge in [0.05, 0.1) is 21.4 Å². The topological polar surface area (TPSA) is 149 Å². The van der Waals surface area contributed by atoms with Crippen molar-refractivity contribution in [3.8, 4) is 5.75 Å². The van der Waals surface area contributed by atoms with E-state index in [9.17, 15) is 24.4 Å². The predicted octanol–water partition coefficient (Wildman–Crippen LogP) is 4.24. The number of benzene rings is 2. The third-order valence-electron chi connectivity index (χ3n) is 6.25. The number of aromatic nitrogens is 2. The third-order valence-corrected chi connectivity index (χ3v) is 8.69. The molecule has 4 rings (SSSR count). The van der Waals surface area contributed by atoms with Crippen molar-refractivity contribution in [2.45, 2.75) is 44.5 Å². The molecule has 1 unspecified atom stereocenters. The first-order valence-corrected chi connectivity index (χ1v) is 15.0. The molecule has 1 saturated heterocycles. The van der Waals surface area contributed by atoms with Crippen LogP contribution in [0.1, 0.15) is 28.4 Å². The average molecular weight is 627 g/mol. The summed E-state index contributed by atoms with van der Waals surface area (Å²) in [7, 11) is -4.58. The second kappa shape index (κ2) is 13.0. The minimum absolute atomic E-state index is 0.00527. The number of aromatic amines is 1. The quantitative estimate of drug-likeness (QED) is 0.160. The number of rotatable bonds is 11. The number of esters is 1. The lowest BCUT2D eigenvalue weighted by molar-refractivity contribution is -0.148. The number of carbonyl (C=O) groups excluding carboxylic acids is 1. The molecule has 2 aromatic carbocycles. The van der Waals surface area contributed by atoms with Crippen molar-refractivity contribution in [3.05, 3.63) is 92.6 Å². The second-order valence-corrected chi connectivity index (χ2v) is 12.4. The van der Waals surface area contributed by atoms with Crippen LogP contribution in [0.2, 0.25) is 5.02 Å². The number of nitrogens with one attached hydrogen (secondary N) is 1. The molecule has 0 spiro atoms. The van der Waals surface area contributed by atoms with E-state index in [1.54, 1.807) is 24.3 Å². The monoisotopic (exact) mass is 626 g/mol. The highest BCUT2D eigenvalue weighted by Gasteiger charge is 2.53. The molecule has 0 radical (unpaired) electrons. The highest BCUT2D eigenvalue weighted by atomic mass is 35.5. The van der Waals surface area contributed by atoms with Crippen molar-refractivity contribution in [2.75, 3.05) is 12.7 Å². The van der Waals surface area contributed by atoms with E-state index in [1.807, 2.05) is 6.07 Å². The summed E-state index contributed by atoms with van der Waals surface area (Å²) in [6.45, 7) is -0.498. The Morgan fingerprint density at radius 3 is 2.61 bits per heavy atom. The molecule has 6 atom stereocenters. The summed E-state index contributed by atoms with van der Waals surface area (Å²) < 4.78 is 54.5. The van der Waals surface area contributed by atoms with Crippen LogP contribution in [0.25, 0.3) is 0 Å². The standard InChI is InChI=1S/C27H30ClN2O9PS/c1-17(24(33)36-14-18-6-4-3-5-7-18)16-40(35,39-20-10-8-19(28)9-11-20)37-15-21-23(32)27(2,34)25(38-21)30-13-12-22(31)29-26(30)41/h3-13,17,21,23,25,32,34H,14-16H2,1-2H3,(H,29,31,41)/t17-,21-,23+,25-,27?,40+/m1/s1/i15D2. The van der Waals surface area contributed by atoms with E-state index in [-0.39, 0.29) is 17.1 Å². The second-order valence-electron chi connectivity index (χ2n) is 9.64. The van der Waals surface area contributed by atoms with Crippen LogP contribution in [0, 0.1) is 10.7 Å². The normalized spacial score (nSPS) is 25.4. The number of carbonyl (C=O) groups is 1. The van der Waals surface area contributed by atoms with Gasteiger partial charge in [0.15, 0.2) is 11.0 Å². The van der Waals surface area contributed by atoms with Crippen LogP contribution in [0.15, 0.2) is 71.7 Å². The molecule has 1 aliphatic heterocycles. The van der Waals surface area contributed by atoms with Gasteiger partial charge in [-0.1, -0.05) is 48.9 Å². The highest BCUT2D eigenvalue weighted by Crippen LogP contribution is 2.51. The zero-order valence-electron chi connectivity index (χ0n) is 24.0. The van der Waals surface area contributed by atoms with Gasteiger partial charge in [-0.2, -0.15) is 0 Å². The Morgan fingerprint density at radius 1 is 1.27 bits per heavy atom. The average Bonchev–Trinajstić information content (AvgIpc) is 3.17. The molecule has 41 heavy (non-hydrogen) atoms. The fourth-order valence-corrected chi connectivity index (χ4v) is 6.11. The maximum absolute atomic E-state index is 14.2. The molecule has 0 amide bonds. The highest BCUT2D eigenvalue weighted by molar-refractivity contribution is 7.71. The van der Waals surface area contributed by atoms with Crippen LogP contribution in [-0.4, -0.2) is 56.3 Å². The van der Waals surface area contributed by atoms with Gasteiger partial charge in [0.25, 0.3) is 5.56 Å². The summed E-state index contributed by atoms with van der Waals surface area (Å²) in [5.74, 6) is -1.81. The summed E-state index contributed by atoms with van der Waals surface area (Å²) >= 11 is 11.1. The van der Waals surface area contributed by atoms with E-state index in [0.717, 1.165) is 16.2 Å². The summed E-state index contributed by atoms with van der Waals surface area (Å²) in [6.07, 6.45) is -4.74. The number of hydrogen-bond acceptors (Lipinski definition) is 10. The lowest BCUT2D eigenvalue weighted by atomic mass is 9.96. The van der Waals surface area contributed by atoms with Gasteiger partial charge >= 0.3 is 13.6 Å². The minimum Gasteiger partial charge on any atom is -0.461 e. The van der Waals surface area contributed by atoms with Gasteiger partial charge in [-0.25, -0.2) is 4.57 Å². The number of H-pyrrole nitrogens is 1. The number of hydrogen-bond donors (Lipinski definition) is 3. The van der Waals surface area contributed by atoms with E-state index in [0.29, 0.717) is 5.02 Å². The van der Waals surface area contributed by atoms with Gasteiger partial charge in [-0.3, -0.25) is 23.7 Å². The molecule has 220 valence electrons. The number of aliphatic hydroxyl groups excluding tert-OH is 1. The molecule has 1 fully saturated rings. The molecule has 0 bridgehead atoms. The predicted molar refractivity (Wildman–Crippen MR) is 152 cm³/mol. The number of aliphatic hydroxyl groups is 2. The zero-order valence-corrected chi connectivity index (χ0v) is 24.5. The Morgan fingerprint density at radius 2 is 1.95 bits per heavy atom. The van der Waals surface area contributed by atoms with E-state index < -0.39 is 61.8 Å². The maximum Gasteiger partial charge on any atom is 0.380 e. The molecular weight excluding hydrogens is 595 g/mol. The molecule has 14 heteroatoms. The van der Waals surface area contributed by atoms with E-state index in [1.165, 1.54) is 44.3 Å². The third kappa shape index (κ3) is 7.72. The minimum atomic E-state index is -4.58. The van der Waals surface area contributed by atoms with Crippen LogP contribution in [-0.2, 0) is 30.0 Å². The van der Waals surface area contributed by atoms with Gasteiger partial charge in [0.1, 0.15) is 30.2 Å². The Bertz CT molecular complexity index is 1600. The molecule has 3 N–H and O–H groups in total. The largest absolute Gasteiger partial charge is 0.461 e. The van der Waals surface area contributed by atoms with Crippen LogP contribution in [0.3, 0.4) is 0 Å². The fraction of sp³-hybridized carbons (Fsp3) is 0.370. The zero-order chi connectivity index (χ0) is 31.6. The van der Waals surface area contributed by atoms with Crippen molar-refractivity contribution < 1.29 is 40.8 Å². The molecule has 11 nitrogen and oxygen atoms in total. The first-order chi connectivity index (χ1) is 20.1. The van der Waals surface area contributed by atoms with Crippen molar-refractivity contribution >= 4 is 37.4 Å². The molecule has 0 aliphatic carbocycles. The van der Waals surface area contributed by atoms with Gasteiger partial charge < -0.3 is 24.2 Å². The van der Waals surface area contributed by atoms with Crippen molar-refractivity contribution in [1.29, 1.82) is 0 Å². The Balaban J connectivity index is 1.58. The van der Waals surface area contributed by atoms with Crippen LogP contribution in [0.4, 0.5) is 0 Å². The molecular formula is C27H30ClN2O9PS. The molecule has 2 heterocycles. The smallest absolute Gasteiger partial charge is 0.380 e. The lowest BCUT2D eigenvalue weighted by Gasteiger charge is -2.28. The SMILES string of the molecule is [2H]C([2H])(O[P@@](=O)(C[C@@H](C)C(=O)OCc1ccccc1)Oc1ccc(Cl)cc1)[C@H]1O[C@@H](n2ccc(=O)[nH]c2=S)C(C)(O)[C@H]1O. The lowest BCUT2D eigenvalue weighted by Crippen LogP contribution is -2.44. The molecule has 3 aromatic rings. The number of nitrogens with zero attached hydrogens (tertiary/aromatic N) is 1. The first kappa shape index (κ1) is 28.3. The van der Waals surface area contributed by atoms with Crippen molar-refractivity contribution in [1.82, 2.24) is 9.55 Å². The van der Waals surface area contributed by atoms with Crippen molar-refractivity contribution in [3.63, 3.8) is 0 Å². The first-order valence-electron chi connectivity index (χ1n) is 13.4. The summed E-state index contributed by atoms with van der Waals surface area (Å²) in [4.78, 5) is 26.8. The maximum atomic E-state index is 14.2. The van der Waals surface area contributed by atoms with Crippen LogP contribution >= 0.6 is 31.4 Å². The van der Waals surface area contributed by atoms with Gasteiger partial charge in [-0.15, -0.1) is 0 Å². The summed E-state index contributed by atoms with van der Waals surface area (Å²) in [5, 5.41) is 22.4. The number of ether oxygens (including phenoxy) is 2. The molecule has 1 aliphatic rings. The van der Waals surface area contributed by atoms with Crippen LogP contribution in [0.5, 0.6) is 5.75 Å². The van der Waals surface area contributed by atoms with Gasteiger partial charge in [-0.05, 0) is 49.0 Å². The van der Waals surface area contributed by atoms with Gasteiger partial charge in [0, 0.05) is 17.3 Å². The van der Waals surface area contributed by atoms with Crippen LogP contribution < -0.4 is 10.1 Å². The van der Waals surface area contributed by atoms with E-state index in [4.69, 9.17) is 45.1 Å². The molecule has 1 aromatic heterocycles. The summed E-state index contributed by atoms with van der Waals surface area (Å²) in [5.41, 5.74) is -1.94. The Kier molecular flexibility index (Phi) is 8.97. The fourth-order valence-electron chi connectivity index (χ4n) is 4.02. The van der Waals surface area contributed by atoms with Gasteiger partial charge in [0.2, 0.25) is 0 Å². The van der Waals surface area contributed by atoms with E-state index in [2.05, 4.69) is 4.98 Å². The van der Waals surface area contributed by atoms with Crippen molar-refractivity contribution in [2.24, 2.45) is 5.92 Å².